The largest absolute Gasteiger partial charge is 0.391 e. The number of likely N-dealkylation sites (tertiary alicyclic amines) is 1. The summed E-state index contributed by atoms with van der Waals surface area (Å²) in [6.45, 7) is 3.77. The molecule has 2 heterocycles. The van der Waals surface area contributed by atoms with Crippen molar-refractivity contribution in [3.63, 3.8) is 0 Å². The number of nitrogens with one attached hydrogen (secondary N) is 2. The zero-order valence-corrected chi connectivity index (χ0v) is 16.2. The van der Waals surface area contributed by atoms with E-state index in [1.807, 2.05) is 4.72 Å². The minimum atomic E-state index is -4.06. The minimum absolute atomic E-state index is 0.0636. The molecule has 0 aromatic rings. The van der Waals surface area contributed by atoms with E-state index in [4.69, 9.17) is 0 Å². The Morgan fingerprint density at radius 3 is 2.67 bits per heavy atom. The number of hydrogen-bond acceptors (Lipinski definition) is 6. The van der Waals surface area contributed by atoms with E-state index in [2.05, 4.69) is 10.2 Å². The van der Waals surface area contributed by atoms with Gasteiger partial charge in [-0.25, -0.2) is 9.11 Å². The van der Waals surface area contributed by atoms with Gasteiger partial charge in [0, 0.05) is 19.1 Å². The van der Waals surface area contributed by atoms with Crippen LogP contribution in [0.4, 0.5) is 4.39 Å². The molecule has 0 radical (unpaired) electrons. The molecular weight excluding hydrogens is 375 g/mol. The summed E-state index contributed by atoms with van der Waals surface area (Å²) in [6, 6.07) is -0.966. The third-order valence-electron chi connectivity index (χ3n) is 6.72. The van der Waals surface area contributed by atoms with Crippen LogP contribution in [0.5, 0.6) is 0 Å². The number of halogens is 1. The summed E-state index contributed by atoms with van der Waals surface area (Å²) in [4.78, 5) is 13.9. The molecule has 1 amide bonds. The first-order chi connectivity index (χ1) is 12.8. The molecule has 0 aromatic carbocycles. The molecule has 4 fully saturated rings. The van der Waals surface area contributed by atoms with E-state index in [0.717, 1.165) is 43.3 Å². The lowest BCUT2D eigenvalue weighted by Gasteiger charge is -2.48. The molecule has 3 N–H and O–H groups in total. The van der Waals surface area contributed by atoms with E-state index in [0.29, 0.717) is 12.8 Å². The van der Waals surface area contributed by atoms with Crippen LogP contribution >= 0.6 is 0 Å². The third kappa shape index (κ3) is 3.87. The molecule has 2 saturated heterocycles. The highest BCUT2D eigenvalue weighted by atomic mass is 32.2. The van der Waals surface area contributed by atoms with Crippen molar-refractivity contribution in [2.75, 3.05) is 32.7 Å². The summed E-state index contributed by atoms with van der Waals surface area (Å²) >= 11 is 0. The fourth-order valence-electron chi connectivity index (χ4n) is 5.16. The number of hydrogen-bond donors (Lipinski definition) is 3. The van der Waals surface area contributed by atoms with Gasteiger partial charge in [-0.15, -0.1) is 0 Å². The lowest BCUT2D eigenvalue weighted by atomic mass is 9.66. The van der Waals surface area contributed by atoms with Crippen LogP contribution in [0.1, 0.15) is 32.1 Å². The molecule has 0 aromatic heterocycles. The van der Waals surface area contributed by atoms with Crippen molar-refractivity contribution >= 4 is 16.1 Å². The van der Waals surface area contributed by atoms with E-state index < -0.39 is 41.0 Å². The molecular formula is C17H29FN4O4S. The average Bonchev–Trinajstić information content (AvgIpc) is 2.82. The van der Waals surface area contributed by atoms with Gasteiger partial charge in [0.05, 0.1) is 18.7 Å². The first-order valence-corrected chi connectivity index (χ1v) is 11.4. The van der Waals surface area contributed by atoms with Crippen molar-refractivity contribution in [2.24, 2.45) is 11.8 Å². The molecule has 2 aliphatic heterocycles. The van der Waals surface area contributed by atoms with Crippen LogP contribution in [0.15, 0.2) is 0 Å². The highest BCUT2D eigenvalue weighted by Crippen LogP contribution is 2.44. The van der Waals surface area contributed by atoms with Crippen molar-refractivity contribution in [2.45, 2.75) is 56.5 Å². The molecule has 2 aliphatic carbocycles. The Morgan fingerprint density at radius 2 is 2.04 bits per heavy atom. The van der Waals surface area contributed by atoms with Gasteiger partial charge in [0.15, 0.2) is 0 Å². The summed E-state index contributed by atoms with van der Waals surface area (Å²) in [6.07, 6.45) is 1.52. The van der Waals surface area contributed by atoms with Crippen LogP contribution in [-0.4, -0.2) is 85.7 Å². The number of carbonyl (C=O) groups is 1. The van der Waals surface area contributed by atoms with Gasteiger partial charge in [-0.05, 0) is 57.0 Å². The van der Waals surface area contributed by atoms with Crippen molar-refractivity contribution in [3.05, 3.63) is 0 Å². The molecule has 0 spiro atoms. The van der Waals surface area contributed by atoms with Gasteiger partial charge < -0.3 is 15.3 Å². The number of amides is 1. The monoisotopic (exact) mass is 404 g/mol. The second kappa shape index (κ2) is 7.55. The molecule has 6 atom stereocenters. The van der Waals surface area contributed by atoms with Gasteiger partial charge in [-0.2, -0.15) is 12.7 Å². The van der Waals surface area contributed by atoms with Crippen molar-refractivity contribution < 1.29 is 22.7 Å². The number of aliphatic hydroxyl groups excluding tert-OH is 1. The molecule has 6 unspecified atom stereocenters. The summed E-state index contributed by atoms with van der Waals surface area (Å²) < 4.78 is 42.4. The number of rotatable bonds is 5. The maximum Gasteiger partial charge on any atom is 0.304 e. The van der Waals surface area contributed by atoms with E-state index in [9.17, 15) is 18.3 Å². The van der Waals surface area contributed by atoms with Gasteiger partial charge in [0.1, 0.15) is 6.17 Å². The summed E-state index contributed by atoms with van der Waals surface area (Å²) in [5, 5.41) is 14.0. The van der Waals surface area contributed by atoms with Crippen LogP contribution in [0.3, 0.4) is 0 Å². The topological polar surface area (TPSA) is 102 Å². The zero-order chi connectivity index (χ0) is 19.2. The Bertz CT molecular complexity index is 674. The second-order valence-corrected chi connectivity index (χ2v) is 10.0. The van der Waals surface area contributed by atoms with Gasteiger partial charge in [-0.1, -0.05) is 0 Å². The Kier molecular flexibility index (Phi) is 5.45. The summed E-state index contributed by atoms with van der Waals surface area (Å²) in [7, 11) is -4.06. The fourth-order valence-corrected chi connectivity index (χ4v) is 6.50. The Balaban J connectivity index is 1.40. The Morgan fingerprint density at radius 1 is 1.26 bits per heavy atom. The van der Waals surface area contributed by atoms with Crippen molar-refractivity contribution in [3.8, 4) is 0 Å². The van der Waals surface area contributed by atoms with E-state index >= 15 is 4.39 Å². The highest BCUT2D eigenvalue weighted by molar-refractivity contribution is 7.88. The van der Waals surface area contributed by atoms with Gasteiger partial charge in [-0.3, -0.25) is 4.79 Å². The fraction of sp³-hybridized carbons (Fsp3) is 0.941. The lowest BCUT2D eigenvalue weighted by Crippen LogP contribution is -2.59. The normalized spacial score (nSPS) is 42.4. The van der Waals surface area contributed by atoms with Crippen LogP contribution in [-0.2, 0) is 15.0 Å². The number of fused-ring (bicyclic) bond motifs is 1. The highest BCUT2D eigenvalue weighted by Gasteiger charge is 2.53. The molecule has 2 saturated carbocycles. The minimum Gasteiger partial charge on any atom is -0.391 e. The first kappa shape index (κ1) is 19.5. The van der Waals surface area contributed by atoms with Crippen LogP contribution in [0, 0.1) is 11.8 Å². The van der Waals surface area contributed by atoms with Crippen molar-refractivity contribution in [1.82, 2.24) is 19.2 Å². The second-order valence-electron chi connectivity index (χ2n) is 8.40. The van der Waals surface area contributed by atoms with Gasteiger partial charge in [0.25, 0.3) is 0 Å². The van der Waals surface area contributed by atoms with Crippen molar-refractivity contribution in [1.29, 1.82) is 0 Å². The number of aliphatic hydroxyl groups is 1. The van der Waals surface area contributed by atoms with Crippen LogP contribution < -0.4 is 10.0 Å². The quantitative estimate of drug-likeness (QED) is 0.555. The van der Waals surface area contributed by atoms with Crippen LogP contribution in [0.25, 0.3) is 0 Å². The standard InChI is InChI=1S/C17H29FN4O4S/c18-16-13-9-12(19-4-7-21-5-1-6-21)3-2-11(13)8-14(23)17(16)22-10-15(24)20-27(22,25)26/h11-14,16-17,19,23H,1-10H2,(H,20,24). The summed E-state index contributed by atoms with van der Waals surface area (Å²) in [5.41, 5.74) is 0. The smallest absolute Gasteiger partial charge is 0.304 e. The zero-order valence-electron chi connectivity index (χ0n) is 15.4. The predicted octanol–water partition coefficient (Wildman–Crippen LogP) is -0.785. The summed E-state index contributed by atoms with van der Waals surface area (Å²) in [5.74, 6) is -0.904. The van der Waals surface area contributed by atoms with Gasteiger partial charge >= 0.3 is 10.2 Å². The molecule has 4 aliphatic rings. The molecule has 154 valence electrons. The molecule has 27 heavy (non-hydrogen) atoms. The molecule has 4 rings (SSSR count). The Hall–Kier alpha value is -0.810. The number of carbonyl (C=O) groups excluding carboxylic acids is 1. The van der Waals surface area contributed by atoms with E-state index in [1.165, 1.54) is 6.42 Å². The first-order valence-electron chi connectivity index (χ1n) is 9.95. The maximum atomic E-state index is 15.4. The predicted molar refractivity (Wildman–Crippen MR) is 96.8 cm³/mol. The van der Waals surface area contributed by atoms with Gasteiger partial charge in [0.2, 0.25) is 5.91 Å². The Labute approximate surface area is 159 Å². The van der Waals surface area contributed by atoms with Crippen LogP contribution in [0.2, 0.25) is 0 Å². The lowest BCUT2D eigenvalue weighted by molar-refractivity contribution is -0.119. The maximum absolute atomic E-state index is 15.4. The number of nitrogens with zero attached hydrogens (tertiary/aromatic N) is 2. The molecule has 10 heteroatoms. The van der Waals surface area contributed by atoms with E-state index in [-0.39, 0.29) is 17.9 Å². The molecule has 8 nitrogen and oxygen atoms in total. The average molecular weight is 405 g/mol. The van der Waals surface area contributed by atoms with E-state index in [1.54, 1.807) is 0 Å². The molecule has 0 bridgehead atoms. The number of alkyl halides is 1. The third-order valence-corrected chi connectivity index (χ3v) is 8.19. The SMILES string of the molecule is O=C1CN(C2C(O)CC3CCC(NCCN4CCC4)CC3C2F)S(=O)(=O)N1.